The van der Waals surface area contributed by atoms with Crippen LogP contribution in [-0.2, 0) is 0 Å². The number of fused-ring (bicyclic) bond motifs is 1. The fourth-order valence-corrected chi connectivity index (χ4v) is 1.29. The van der Waals surface area contributed by atoms with E-state index < -0.39 is 0 Å². The monoisotopic (exact) mass is 184 g/mol. The first-order valence-corrected chi connectivity index (χ1v) is 4.17. The number of hydrogen-bond donors (Lipinski definition) is 0. The van der Waals surface area contributed by atoms with Crippen LogP contribution in [0.15, 0.2) is 29.2 Å². The number of nitriles is 1. The second-order valence-electron chi connectivity index (χ2n) is 3.01. The molecule has 0 aliphatic rings. The van der Waals surface area contributed by atoms with E-state index >= 15 is 0 Å². The Kier molecular flexibility index (Phi) is 1.83. The Labute approximate surface area is 81.3 Å². The summed E-state index contributed by atoms with van der Waals surface area (Å²) in [7, 11) is 0. The maximum absolute atomic E-state index is 8.67. The van der Waals surface area contributed by atoms with Gasteiger partial charge in [-0.05, 0) is 23.8 Å². The van der Waals surface area contributed by atoms with Crippen molar-refractivity contribution in [1.82, 2.24) is 4.98 Å². The van der Waals surface area contributed by atoms with Crippen LogP contribution in [0.3, 0.4) is 0 Å². The minimum Gasteiger partial charge on any atom is -0.441 e. The van der Waals surface area contributed by atoms with Crippen LogP contribution in [-0.4, -0.2) is 4.98 Å². The van der Waals surface area contributed by atoms with E-state index in [9.17, 15) is 0 Å². The maximum Gasteiger partial charge on any atom is 0.192 e. The van der Waals surface area contributed by atoms with E-state index in [-0.39, 0.29) is 0 Å². The maximum atomic E-state index is 8.67. The molecular weight excluding hydrogens is 176 g/mol. The third-order valence-electron chi connectivity index (χ3n) is 1.98. The van der Waals surface area contributed by atoms with Gasteiger partial charge in [-0.2, -0.15) is 5.26 Å². The van der Waals surface area contributed by atoms with Gasteiger partial charge in [-0.15, -0.1) is 0 Å². The number of benzene rings is 1. The molecule has 0 aliphatic heterocycles. The smallest absolute Gasteiger partial charge is 0.192 e. The summed E-state index contributed by atoms with van der Waals surface area (Å²) in [5, 5.41) is 8.67. The quantitative estimate of drug-likeness (QED) is 0.640. The van der Waals surface area contributed by atoms with Crippen molar-refractivity contribution in [2.24, 2.45) is 0 Å². The molecule has 0 bridgehead atoms. The number of allylic oxidation sites excluding steroid dienone is 1. The van der Waals surface area contributed by atoms with Crippen molar-refractivity contribution in [3.05, 3.63) is 36.2 Å². The van der Waals surface area contributed by atoms with E-state index in [2.05, 4.69) is 11.6 Å². The lowest BCUT2D eigenvalue weighted by atomic mass is 10.1. The zero-order valence-electron chi connectivity index (χ0n) is 7.74. The summed E-state index contributed by atoms with van der Waals surface area (Å²) in [6.07, 6.45) is 0. The standard InChI is InChI=1S/C11H8N2O/c1-7(6-12)9-3-4-11-10(5-9)13-8(2)14-11/h3-5H,1H2,2H3. The number of oxazole rings is 1. The van der Waals surface area contributed by atoms with E-state index in [1.807, 2.05) is 6.07 Å². The minimum atomic E-state index is 0.438. The Balaban J connectivity index is 2.62. The summed E-state index contributed by atoms with van der Waals surface area (Å²) in [5.74, 6) is 0.625. The molecule has 2 rings (SSSR count). The summed E-state index contributed by atoms with van der Waals surface area (Å²) in [5.41, 5.74) is 2.72. The summed E-state index contributed by atoms with van der Waals surface area (Å²) in [6, 6.07) is 7.41. The van der Waals surface area contributed by atoms with E-state index in [4.69, 9.17) is 9.68 Å². The molecule has 0 N–H and O–H groups in total. The van der Waals surface area contributed by atoms with Crippen LogP contribution in [0.25, 0.3) is 16.7 Å². The van der Waals surface area contributed by atoms with Crippen molar-refractivity contribution in [3.8, 4) is 6.07 Å². The summed E-state index contributed by atoms with van der Waals surface area (Å²) in [4.78, 5) is 4.17. The second kappa shape index (κ2) is 3.00. The largest absolute Gasteiger partial charge is 0.441 e. The Morgan fingerprint density at radius 3 is 3.07 bits per heavy atom. The van der Waals surface area contributed by atoms with Crippen LogP contribution >= 0.6 is 0 Å². The van der Waals surface area contributed by atoms with Crippen LogP contribution < -0.4 is 0 Å². The van der Waals surface area contributed by atoms with Crippen molar-refractivity contribution in [2.45, 2.75) is 6.92 Å². The van der Waals surface area contributed by atoms with Crippen molar-refractivity contribution >= 4 is 16.7 Å². The molecule has 2 aromatic rings. The van der Waals surface area contributed by atoms with Crippen LogP contribution in [0.5, 0.6) is 0 Å². The van der Waals surface area contributed by atoms with Crippen molar-refractivity contribution in [2.75, 3.05) is 0 Å². The molecule has 3 nitrogen and oxygen atoms in total. The fourth-order valence-electron chi connectivity index (χ4n) is 1.29. The van der Waals surface area contributed by atoms with Gasteiger partial charge in [0.1, 0.15) is 5.52 Å². The molecule has 0 aliphatic carbocycles. The summed E-state index contributed by atoms with van der Waals surface area (Å²) >= 11 is 0. The molecular formula is C11H8N2O. The molecule has 1 heterocycles. The zero-order chi connectivity index (χ0) is 10.1. The van der Waals surface area contributed by atoms with E-state index in [0.717, 1.165) is 16.7 Å². The average Bonchev–Trinajstić information content (AvgIpc) is 2.55. The SMILES string of the molecule is C=C(C#N)c1ccc2oc(C)nc2c1. The molecule has 0 spiro atoms. The van der Waals surface area contributed by atoms with Crippen LogP contribution in [0.4, 0.5) is 0 Å². The predicted octanol–water partition coefficient (Wildman–Crippen LogP) is 2.67. The summed E-state index contributed by atoms with van der Waals surface area (Å²) < 4.78 is 5.31. The van der Waals surface area contributed by atoms with Gasteiger partial charge in [0.25, 0.3) is 0 Å². The van der Waals surface area contributed by atoms with Crippen LogP contribution in [0.2, 0.25) is 0 Å². The zero-order valence-corrected chi connectivity index (χ0v) is 7.74. The van der Waals surface area contributed by atoms with Crippen molar-refractivity contribution in [3.63, 3.8) is 0 Å². The second-order valence-corrected chi connectivity index (χ2v) is 3.01. The number of rotatable bonds is 1. The van der Waals surface area contributed by atoms with Gasteiger partial charge in [0, 0.05) is 6.92 Å². The Bertz CT molecular complexity index is 546. The highest BCUT2D eigenvalue weighted by molar-refractivity contribution is 5.82. The molecule has 0 saturated carbocycles. The summed E-state index contributed by atoms with van der Waals surface area (Å²) in [6.45, 7) is 5.43. The van der Waals surface area contributed by atoms with Crippen LogP contribution in [0, 0.1) is 18.3 Å². The third kappa shape index (κ3) is 1.27. The number of nitrogens with zero attached hydrogens (tertiary/aromatic N) is 2. The lowest BCUT2D eigenvalue weighted by Crippen LogP contribution is -1.78. The highest BCUT2D eigenvalue weighted by Gasteiger charge is 2.04. The van der Waals surface area contributed by atoms with Gasteiger partial charge in [-0.3, -0.25) is 0 Å². The van der Waals surface area contributed by atoms with Gasteiger partial charge in [0.05, 0.1) is 11.6 Å². The predicted molar refractivity (Wildman–Crippen MR) is 53.4 cm³/mol. The van der Waals surface area contributed by atoms with Crippen LogP contribution in [0.1, 0.15) is 11.5 Å². The van der Waals surface area contributed by atoms with E-state index in [1.165, 1.54) is 0 Å². The third-order valence-corrected chi connectivity index (χ3v) is 1.98. The van der Waals surface area contributed by atoms with Gasteiger partial charge in [0.2, 0.25) is 0 Å². The Morgan fingerprint density at radius 1 is 1.57 bits per heavy atom. The first-order chi connectivity index (χ1) is 6.70. The first kappa shape index (κ1) is 8.52. The lowest BCUT2D eigenvalue weighted by molar-refractivity contribution is 0.561. The topological polar surface area (TPSA) is 49.8 Å². The molecule has 68 valence electrons. The lowest BCUT2D eigenvalue weighted by Gasteiger charge is -1.94. The molecule has 0 radical (unpaired) electrons. The molecule has 3 heteroatoms. The Hall–Kier alpha value is -2.08. The van der Waals surface area contributed by atoms with Crippen molar-refractivity contribution < 1.29 is 4.42 Å². The molecule has 0 fully saturated rings. The Morgan fingerprint density at radius 2 is 2.36 bits per heavy atom. The number of aryl methyl sites for hydroxylation is 1. The minimum absolute atomic E-state index is 0.438. The van der Waals surface area contributed by atoms with Gasteiger partial charge >= 0.3 is 0 Å². The highest BCUT2D eigenvalue weighted by atomic mass is 16.3. The van der Waals surface area contributed by atoms with E-state index in [1.54, 1.807) is 25.1 Å². The molecule has 1 aromatic carbocycles. The molecule has 14 heavy (non-hydrogen) atoms. The first-order valence-electron chi connectivity index (χ1n) is 4.17. The molecule has 0 unspecified atom stereocenters. The fraction of sp³-hybridized carbons (Fsp3) is 0.0909. The highest BCUT2D eigenvalue weighted by Crippen LogP contribution is 2.20. The molecule has 0 saturated heterocycles. The van der Waals surface area contributed by atoms with Gasteiger partial charge in [0.15, 0.2) is 11.5 Å². The molecule has 0 atom stereocenters. The van der Waals surface area contributed by atoms with Crippen molar-refractivity contribution in [1.29, 1.82) is 5.26 Å². The van der Waals surface area contributed by atoms with Gasteiger partial charge < -0.3 is 4.42 Å². The molecule has 1 aromatic heterocycles. The average molecular weight is 184 g/mol. The number of aromatic nitrogens is 1. The van der Waals surface area contributed by atoms with Gasteiger partial charge in [-0.1, -0.05) is 6.58 Å². The normalized spacial score (nSPS) is 10.0. The van der Waals surface area contributed by atoms with E-state index in [0.29, 0.717) is 11.5 Å². The number of hydrogen-bond acceptors (Lipinski definition) is 3. The van der Waals surface area contributed by atoms with Gasteiger partial charge in [-0.25, -0.2) is 4.98 Å². The molecule has 0 amide bonds.